The topological polar surface area (TPSA) is 24.9 Å². The minimum atomic E-state index is 0.834. The molecule has 1 saturated heterocycles. The molecule has 60 valence electrons. The Bertz CT molecular complexity index is 202. The smallest absolute Gasteiger partial charge is 0.0928 e. The third kappa shape index (κ3) is 1.79. The molecule has 0 amide bonds. The Morgan fingerprint density at radius 3 is 3.36 bits per heavy atom. The Balaban J connectivity index is 1.90. The van der Waals surface area contributed by atoms with Gasteiger partial charge in [0.25, 0.3) is 0 Å². The number of nitrogens with one attached hydrogen (secondary N) is 1. The number of aromatic nitrogens is 1. The van der Waals surface area contributed by atoms with Gasteiger partial charge in [0.05, 0.1) is 5.01 Å². The van der Waals surface area contributed by atoms with E-state index in [2.05, 4.69) is 15.7 Å². The Hall–Kier alpha value is -0.410. The zero-order chi connectivity index (χ0) is 7.52. The molecule has 1 N–H and O–H groups in total. The maximum atomic E-state index is 4.27. The standard InChI is InChI=1S/C8H12N2S/c1-2-9-6-7(1)5-8-10-3-4-11-8/h3-4,7,9H,1-2,5-6H2/t7-/m1/s1. The second kappa shape index (κ2) is 3.32. The largest absolute Gasteiger partial charge is 0.316 e. The van der Waals surface area contributed by atoms with E-state index < -0.39 is 0 Å². The van der Waals surface area contributed by atoms with Crippen molar-refractivity contribution in [3.05, 3.63) is 16.6 Å². The van der Waals surface area contributed by atoms with Crippen LogP contribution in [0.4, 0.5) is 0 Å². The number of thiazole rings is 1. The summed E-state index contributed by atoms with van der Waals surface area (Å²) >= 11 is 1.77. The molecular weight excluding hydrogens is 156 g/mol. The molecule has 1 fully saturated rings. The molecule has 0 radical (unpaired) electrons. The molecule has 0 bridgehead atoms. The maximum absolute atomic E-state index is 4.27. The molecular formula is C8H12N2S. The van der Waals surface area contributed by atoms with Crippen molar-refractivity contribution in [3.8, 4) is 0 Å². The van der Waals surface area contributed by atoms with E-state index in [1.807, 2.05) is 6.20 Å². The molecule has 1 aromatic heterocycles. The van der Waals surface area contributed by atoms with Crippen molar-refractivity contribution in [2.24, 2.45) is 5.92 Å². The molecule has 1 aliphatic heterocycles. The van der Waals surface area contributed by atoms with Crippen LogP contribution >= 0.6 is 11.3 Å². The van der Waals surface area contributed by atoms with E-state index in [4.69, 9.17) is 0 Å². The summed E-state index contributed by atoms with van der Waals surface area (Å²) in [5, 5.41) is 6.71. The van der Waals surface area contributed by atoms with Gasteiger partial charge < -0.3 is 5.32 Å². The van der Waals surface area contributed by atoms with Gasteiger partial charge in [0, 0.05) is 18.0 Å². The van der Waals surface area contributed by atoms with Crippen LogP contribution in [0, 0.1) is 5.92 Å². The van der Waals surface area contributed by atoms with Gasteiger partial charge >= 0.3 is 0 Å². The third-order valence-corrected chi connectivity index (χ3v) is 2.91. The highest BCUT2D eigenvalue weighted by Gasteiger charge is 2.15. The van der Waals surface area contributed by atoms with Gasteiger partial charge in [-0.2, -0.15) is 0 Å². The second-order valence-electron chi connectivity index (χ2n) is 2.99. The third-order valence-electron chi connectivity index (χ3n) is 2.11. The minimum absolute atomic E-state index is 0.834. The Kier molecular flexibility index (Phi) is 2.19. The average Bonchev–Trinajstić information content (AvgIpc) is 2.60. The summed E-state index contributed by atoms with van der Waals surface area (Å²) in [5.74, 6) is 0.834. The molecule has 1 aromatic rings. The van der Waals surface area contributed by atoms with E-state index in [0.29, 0.717) is 0 Å². The van der Waals surface area contributed by atoms with Gasteiger partial charge in [0.15, 0.2) is 0 Å². The van der Waals surface area contributed by atoms with E-state index in [9.17, 15) is 0 Å². The van der Waals surface area contributed by atoms with Crippen LogP contribution in [-0.4, -0.2) is 18.1 Å². The first-order valence-corrected chi connectivity index (χ1v) is 4.92. The summed E-state index contributed by atoms with van der Waals surface area (Å²) in [5.41, 5.74) is 0. The summed E-state index contributed by atoms with van der Waals surface area (Å²) in [4.78, 5) is 4.27. The van der Waals surface area contributed by atoms with Crippen LogP contribution in [0.3, 0.4) is 0 Å². The highest BCUT2D eigenvalue weighted by atomic mass is 32.1. The van der Waals surface area contributed by atoms with Crippen LogP contribution in [-0.2, 0) is 6.42 Å². The number of hydrogen-bond donors (Lipinski definition) is 1. The van der Waals surface area contributed by atoms with E-state index in [-0.39, 0.29) is 0 Å². The highest BCUT2D eigenvalue weighted by Crippen LogP contribution is 2.16. The summed E-state index contributed by atoms with van der Waals surface area (Å²) in [6.45, 7) is 2.37. The average molecular weight is 168 g/mol. The molecule has 1 atom stereocenters. The fraction of sp³-hybridized carbons (Fsp3) is 0.625. The first-order valence-electron chi connectivity index (χ1n) is 4.04. The number of rotatable bonds is 2. The van der Waals surface area contributed by atoms with Gasteiger partial charge in [-0.1, -0.05) is 0 Å². The van der Waals surface area contributed by atoms with E-state index in [0.717, 1.165) is 5.92 Å². The second-order valence-corrected chi connectivity index (χ2v) is 3.97. The van der Waals surface area contributed by atoms with Gasteiger partial charge in [-0.3, -0.25) is 0 Å². The van der Waals surface area contributed by atoms with Crippen LogP contribution in [0.2, 0.25) is 0 Å². The Morgan fingerprint density at radius 1 is 1.73 bits per heavy atom. The monoisotopic (exact) mass is 168 g/mol. The first-order chi connectivity index (χ1) is 5.45. The van der Waals surface area contributed by atoms with Gasteiger partial charge in [-0.15, -0.1) is 11.3 Å². The molecule has 0 spiro atoms. The molecule has 3 heteroatoms. The summed E-state index contributed by atoms with van der Waals surface area (Å²) in [7, 11) is 0. The predicted octanol–water partition coefficient (Wildman–Crippen LogP) is 1.30. The number of nitrogens with zero attached hydrogens (tertiary/aromatic N) is 1. The lowest BCUT2D eigenvalue weighted by Crippen LogP contribution is -2.10. The lowest BCUT2D eigenvalue weighted by atomic mass is 10.1. The van der Waals surface area contributed by atoms with Gasteiger partial charge in [0.1, 0.15) is 0 Å². The molecule has 0 saturated carbocycles. The lowest BCUT2D eigenvalue weighted by Gasteiger charge is -2.03. The van der Waals surface area contributed by atoms with Crippen molar-refractivity contribution in [1.82, 2.24) is 10.3 Å². The fourth-order valence-electron chi connectivity index (χ4n) is 1.49. The molecule has 0 unspecified atom stereocenters. The van der Waals surface area contributed by atoms with E-state index in [1.165, 1.54) is 30.9 Å². The van der Waals surface area contributed by atoms with Crippen LogP contribution in [0.15, 0.2) is 11.6 Å². The normalized spacial score (nSPS) is 24.2. The SMILES string of the molecule is c1csc(C[C@H]2CCNC2)n1. The van der Waals surface area contributed by atoms with E-state index >= 15 is 0 Å². The molecule has 2 nitrogen and oxygen atoms in total. The summed E-state index contributed by atoms with van der Waals surface area (Å²) in [6.07, 6.45) is 4.38. The molecule has 2 heterocycles. The van der Waals surface area contributed by atoms with Crippen molar-refractivity contribution < 1.29 is 0 Å². The molecule has 2 rings (SSSR count). The van der Waals surface area contributed by atoms with Crippen molar-refractivity contribution >= 4 is 11.3 Å². The molecule has 11 heavy (non-hydrogen) atoms. The fourth-order valence-corrected chi connectivity index (χ4v) is 2.22. The van der Waals surface area contributed by atoms with Crippen molar-refractivity contribution in [2.75, 3.05) is 13.1 Å². The quantitative estimate of drug-likeness (QED) is 0.720. The van der Waals surface area contributed by atoms with Crippen molar-refractivity contribution in [3.63, 3.8) is 0 Å². The number of hydrogen-bond acceptors (Lipinski definition) is 3. The van der Waals surface area contributed by atoms with Crippen LogP contribution < -0.4 is 5.32 Å². The highest BCUT2D eigenvalue weighted by molar-refractivity contribution is 7.09. The minimum Gasteiger partial charge on any atom is -0.316 e. The zero-order valence-electron chi connectivity index (χ0n) is 6.42. The zero-order valence-corrected chi connectivity index (χ0v) is 7.23. The Morgan fingerprint density at radius 2 is 2.73 bits per heavy atom. The van der Waals surface area contributed by atoms with Crippen LogP contribution in [0.1, 0.15) is 11.4 Å². The van der Waals surface area contributed by atoms with Gasteiger partial charge in [0.2, 0.25) is 0 Å². The molecule has 0 aromatic carbocycles. The maximum Gasteiger partial charge on any atom is 0.0928 e. The molecule has 1 aliphatic rings. The molecule has 0 aliphatic carbocycles. The summed E-state index contributed by atoms with van der Waals surface area (Å²) < 4.78 is 0. The van der Waals surface area contributed by atoms with Gasteiger partial charge in [-0.05, 0) is 25.4 Å². The first kappa shape index (κ1) is 7.25. The predicted molar refractivity (Wildman–Crippen MR) is 46.8 cm³/mol. The Labute approximate surface area is 70.7 Å². The lowest BCUT2D eigenvalue weighted by molar-refractivity contribution is 0.578. The van der Waals surface area contributed by atoms with Crippen molar-refractivity contribution in [1.29, 1.82) is 0 Å². The van der Waals surface area contributed by atoms with Crippen LogP contribution in [0.5, 0.6) is 0 Å². The van der Waals surface area contributed by atoms with Crippen molar-refractivity contribution in [2.45, 2.75) is 12.8 Å². The van der Waals surface area contributed by atoms with Crippen LogP contribution in [0.25, 0.3) is 0 Å². The van der Waals surface area contributed by atoms with E-state index in [1.54, 1.807) is 11.3 Å². The van der Waals surface area contributed by atoms with Gasteiger partial charge in [-0.25, -0.2) is 4.98 Å². The summed E-state index contributed by atoms with van der Waals surface area (Å²) in [6, 6.07) is 0.